The normalized spacial score (nSPS) is 17.2. The predicted molar refractivity (Wildman–Crippen MR) is 113 cm³/mol. The van der Waals surface area contributed by atoms with E-state index in [-0.39, 0.29) is 17.5 Å². The lowest BCUT2D eigenvalue weighted by atomic mass is 10.0. The third-order valence-electron chi connectivity index (χ3n) is 5.78. The number of carbonyl (C=O) groups is 1. The van der Waals surface area contributed by atoms with Crippen LogP contribution in [0.3, 0.4) is 0 Å². The minimum absolute atomic E-state index is 0.0368. The highest BCUT2D eigenvalue weighted by Gasteiger charge is 2.26. The van der Waals surface area contributed by atoms with Gasteiger partial charge >= 0.3 is 0 Å². The number of pyridine rings is 1. The fourth-order valence-corrected chi connectivity index (χ4v) is 3.99. The highest BCUT2D eigenvalue weighted by Crippen LogP contribution is 2.23. The van der Waals surface area contributed by atoms with Crippen molar-refractivity contribution in [2.24, 2.45) is 0 Å². The summed E-state index contributed by atoms with van der Waals surface area (Å²) in [6.45, 7) is 3.94. The van der Waals surface area contributed by atoms with Crippen molar-refractivity contribution in [1.82, 2.24) is 14.8 Å². The van der Waals surface area contributed by atoms with E-state index in [1.807, 2.05) is 67.4 Å². The smallest absolute Gasteiger partial charge is 0.256 e. The summed E-state index contributed by atoms with van der Waals surface area (Å²) in [6, 6.07) is 15.5. The summed E-state index contributed by atoms with van der Waals surface area (Å²) in [7, 11) is 3.96. The van der Waals surface area contributed by atoms with Crippen LogP contribution in [-0.2, 0) is 0 Å². The maximum atomic E-state index is 12.8. The number of nitrogens with zero attached hydrogens (tertiary/aromatic N) is 2. The first-order valence-corrected chi connectivity index (χ1v) is 9.63. The number of nitrogens with one attached hydrogen (secondary N) is 1. The molecule has 1 N–H and O–H groups in total. The molecule has 144 valence electrons. The number of likely N-dealkylation sites (N-methyl/N-ethyl adjacent to an activating group) is 2. The van der Waals surface area contributed by atoms with Gasteiger partial charge in [0.2, 0.25) is 0 Å². The summed E-state index contributed by atoms with van der Waals surface area (Å²) in [5, 5.41) is 1.64. The fraction of sp³-hybridized carbons (Fsp3) is 0.304. The molecular formula is C23H25N3O2. The largest absolute Gasteiger partial charge is 0.337 e. The molecule has 0 radical (unpaired) electrons. The molecule has 1 atom stereocenters. The van der Waals surface area contributed by atoms with Crippen molar-refractivity contribution in [1.29, 1.82) is 0 Å². The Labute approximate surface area is 164 Å². The van der Waals surface area contributed by atoms with E-state index in [4.69, 9.17) is 0 Å². The number of benzene rings is 2. The quantitative estimate of drug-likeness (QED) is 0.764. The van der Waals surface area contributed by atoms with Crippen LogP contribution in [0, 0.1) is 6.92 Å². The number of rotatable bonds is 3. The van der Waals surface area contributed by atoms with E-state index in [9.17, 15) is 9.59 Å². The monoisotopic (exact) mass is 375 g/mol. The van der Waals surface area contributed by atoms with Crippen molar-refractivity contribution in [3.8, 4) is 11.3 Å². The Balaban J connectivity index is 1.61. The molecular weight excluding hydrogens is 350 g/mol. The van der Waals surface area contributed by atoms with E-state index in [1.165, 1.54) is 0 Å². The van der Waals surface area contributed by atoms with Crippen LogP contribution in [0.1, 0.15) is 22.3 Å². The van der Waals surface area contributed by atoms with Gasteiger partial charge in [-0.2, -0.15) is 0 Å². The second kappa shape index (κ2) is 7.24. The average Bonchev–Trinajstić information content (AvgIpc) is 3.14. The third kappa shape index (κ3) is 3.34. The Kier molecular flexibility index (Phi) is 4.77. The Morgan fingerprint density at radius 3 is 2.57 bits per heavy atom. The Morgan fingerprint density at radius 1 is 1.14 bits per heavy atom. The summed E-state index contributed by atoms with van der Waals surface area (Å²) in [6.07, 6.45) is 1.01. The minimum atomic E-state index is -0.0959. The first kappa shape index (κ1) is 18.4. The van der Waals surface area contributed by atoms with Gasteiger partial charge in [0.1, 0.15) is 0 Å². The summed E-state index contributed by atoms with van der Waals surface area (Å²) in [4.78, 5) is 32.3. The molecule has 4 rings (SSSR count). The third-order valence-corrected chi connectivity index (χ3v) is 5.78. The molecule has 1 aliphatic rings. The average molecular weight is 375 g/mol. The molecule has 1 amide bonds. The fourth-order valence-electron chi connectivity index (χ4n) is 3.99. The number of aromatic amines is 1. The van der Waals surface area contributed by atoms with E-state index in [2.05, 4.69) is 16.9 Å². The van der Waals surface area contributed by atoms with Crippen molar-refractivity contribution in [2.75, 3.05) is 27.2 Å². The molecule has 0 bridgehead atoms. The van der Waals surface area contributed by atoms with Crippen LogP contribution in [0.15, 0.2) is 53.3 Å². The van der Waals surface area contributed by atoms with Crippen molar-refractivity contribution in [3.05, 3.63) is 70.0 Å². The summed E-state index contributed by atoms with van der Waals surface area (Å²) in [5.74, 6) is 0.0368. The van der Waals surface area contributed by atoms with Crippen molar-refractivity contribution in [2.45, 2.75) is 19.4 Å². The lowest BCUT2D eigenvalue weighted by Gasteiger charge is -2.24. The van der Waals surface area contributed by atoms with Crippen molar-refractivity contribution in [3.63, 3.8) is 0 Å². The Hall–Kier alpha value is -2.92. The molecule has 1 aliphatic heterocycles. The van der Waals surface area contributed by atoms with Gasteiger partial charge in [0.25, 0.3) is 11.5 Å². The van der Waals surface area contributed by atoms with E-state index in [1.54, 1.807) is 0 Å². The lowest BCUT2D eigenvalue weighted by Crippen LogP contribution is -2.38. The Bertz CT molecular complexity index is 1090. The van der Waals surface area contributed by atoms with Gasteiger partial charge < -0.3 is 14.8 Å². The zero-order valence-electron chi connectivity index (χ0n) is 16.5. The van der Waals surface area contributed by atoms with E-state index in [0.29, 0.717) is 10.9 Å². The molecule has 0 saturated carbocycles. The van der Waals surface area contributed by atoms with Crippen LogP contribution in [0.4, 0.5) is 0 Å². The molecule has 5 heteroatoms. The minimum Gasteiger partial charge on any atom is -0.337 e. The standard InChI is InChI=1S/C23H25N3O2/c1-15-5-4-6-19-20(15)13-21(24-22(19)27)16-7-9-17(10-8-16)23(28)26(3)18-11-12-25(2)14-18/h4-10,13,18H,11-12,14H2,1-3H3,(H,24,27)/t18-/m1/s1. The molecule has 28 heavy (non-hydrogen) atoms. The van der Waals surface area contributed by atoms with Crippen molar-refractivity contribution >= 4 is 16.7 Å². The summed E-state index contributed by atoms with van der Waals surface area (Å²) >= 11 is 0. The number of amides is 1. The van der Waals surface area contributed by atoms with Gasteiger partial charge in [0.05, 0.1) is 0 Å². The number of carbonyl (C=O) groups excluding carboxylic acids is 1. The number of hydrogen-bond donors (Lipinski definition) is 1. The first-order valence-electron chi connectivity index (χ1n) is 9.63. The zero-order valence-corrected chi connectivity index (χ0v) is 16.5. The maximum Gasteiger partial charge on any atom is 0.256 e. The topological polar surface area (TPSA) is 56.4 Å². The lowest BCUT2D eigenvalue weighted by molar-refractivity contribution is 0.0737. The van der Waals surface area contributed by atoms with E-state index >= 15 is 0 Å². The van der Waals surface area contributed by atoms with Gasteiger partial charge in [-0.15, -0.1) is 0 Å². The van der Waals surface area contributed by atoms with Crippen LogP contribution in [0.25, 0.3) is 22.0 Å². The van der Waals surface area contributed by atoms with Gasteiger partial charge in [0, 0.05) is 36.3 Å². The zero-order chi connectivity index (χ0) is 19.8. The molecule has 0 unspecified atom stereocenters. The number of aromatic nitrogens is 1. The van der Waals surface area contributed by atoms with Crippen molar-refractivity contribution < 1.29 is 4.79 Å². The van der Waals surface area contributed by atoms with Gasteiger partial charge in [-0.1, -0.05) is 24.3 Å². The van der Waals surface area contributed by atoms with Gasteiger partial charge in [-0.05, 0) is 67.7 Å². The Morgan fingerprint density at radius 2 is 1.89 bits per heavy atom. The van der Waals surface area contributed by atoms with Gasteiger partial charge in [-0.3, -0.25) is 9.59 Å². The molecule has 1 saturated heterocycles. The number of hydrogen-bond acceptors (Lipinski definition) is 3. The first-order chi connectivity index (χ1) is 13.4. The molecule has 2 aromatic carbocycles. The molecule has 1 fully saturated rings. The summed E-state index contributed by atoms with van der Waals surface area (Å²) < 4.78 is 0. The van der Waals surface area contributed by atoms with Gasteiger partial charge in [-0.25, -0.2) is 0 Å². The second-order valence-electron chi connectivity index (χ2n) is 7.75. The highest BCUT2D eigenvalue weighted by molar-refractivity contribution is 5.95. The predicted octanol–water partition coefficient (Wildman–Crippen LogP) is 3.28. The molecule has 3 aromatic rings. The number of fused-ring (bicyclic) bond motifs is 1. The highest BCUT2D eigenvalue weighted by atomic mass is 16.2. The molecule has 1 aromatic heterocycles. The molecule has 2 heterocycles. The van der Waals surface area contributed by atoms with E-state index in [0.717, 1.165) is 41.7 Å². The SMILES string of the molecule is Cc1cccc2c(=O)[nH]c(-c3ccc(C(=O)N(C)[C@@H]4CCN(C)C4)cc3)cc12. The van der Waals surface area contributed by atoms with Crippen LogP contribution in [-0.4, -0.2) is 53.9 Å². The second-order valence-corrected chi connectivity index (χ2v) is 7.75. The number of H-pyrrole nitrogens is 1. The molecule has 0 spiro atoms. The van der Waals surface area contributed by atoms with Gasteiger partial charge in [0.15, 0.2) is 0 Å². The van der Waals surface area contributed by atoms with Crippen LogP contribution >= 0.6 is 0 Å². The van der Waals surface area contributed by atoms with Crippen LogP contribution in [0.5, 0.6) is 0 Å². The van der Waals surface area contributed by atoms with Crippen LogP contribution in [0.2, 0.25) is 0 Å². The molecule has 0 aliphatic carbocycles. The summed E-state index contributed by atoms with van der Waals surface area (Å²) in [5.41, 5.74) is 3.29. The maximum absolute atomic E-state index is 12.8. The number of likely N-dealkylation sites (tertiary alicyclic amines) is 1. The number of aryl methyl sites for hydroxylation is 1. The van der Waals surface area contributed by atoms with Crippen LogP contribution < -0.4 is 5.56 Å². The van der Waals surface area contributed by atoms with E-state index < -0.39 is 0 Å². The molecule has 5 nitrogen and oxygen atoms in total.